The van der Waals surface area contributed by atoms with E-state index in [2.05, 4.69) is 5.32 Å². The van der Waals surface area contributed by atoms with Gasteiger partial charge in [0.2, 0.25) is 5.91 Å². The first-order valence-electron chi connectivity index (χ1n) is 6.35. The molecule has 1 amide bonds. The van der Waals surface area contributed by atoms with Crippen LogP contribution in [0.4, 0.5) is 5.69 Å². The molecule has 3 heteroatoms. The van der Waals surface area contributed by atoms with Crippen molar-refractivity contribution in [1.82, 2.24) is 0 Å². The highest BCUT2D eigenvalue weighted by Gasteiger charge is 2.06. The largest absolute Gasteiger partial charge is 0.326 e. The summed E-state index contributed by atoms with van der Waals surface area (Å²) >= 11 is 0. The highest BCUT2D eigenvalue weighted by Crippen LogP contribution is 2.06. The minimum absolute atomic E-state index is 0.155. The SMILES string of the molecule is O=C(C=Cc1ccccc1)CC(=O)Nc1ccccc1. The Morgan fingerprint density at radius 3 is 2.15 bits per heavy atom. The molecule has 0 heterocycles. The molecule has 2 rings (SSSR count). The Kier molecular flexibility index (Phi) is 4.84. The Bertz CT molecular complexity index is 603. The lowest BCUT2D eigenvalue weighted by atomic mass is 10.1. The van der Waals surface area contributed by atoms with Gasteiger partial charge in [0.1, 0.15) is 0 Å². The first-order valence-corrected chi connectivity index (χ1v) is 6.35. The predicted molar refractivity (Wildman–Crippen MR) is 80.2 cm³/mol. The molecule has 0 aliphatic carbocycles. The zero-order chi connectivity index (χ0) is 14.2. The maximum atomic E-state index is 11.7. The first-order chi connectivity index (χ1) is 9.74. The van der Waals surface area contributed by atoms with Crippen molar-refractivity contribution in [3.05, 3.63) is 72.3 Å². The molecule has 2 aromatic carbocycles. The van der Waals surface area contributed by atoms with Crippen LogP contribution in [0.25, 0.3) is 6.08 Å². The van der Waals surface area contributed by atoms with Crippen LogP contribution in [0.5, 0.6) is 0 Å². The molecule has 0 saturated heterocycles. The van der Waals surface area contributed by atoms with Gasteiger partial charge in [0.05, 0.1) is 6.42 Å². The van der Waals surface area contributed by atoms with Crippen molar-refractivity contribution in [2.75, 3.05) is 5.32 Å². The Balaban J connectivity index is 1.85. The van der Waals surface area contributed by atoms with Crippen molar-refractivity contribution in [3.63, 3.8) is 0 Å². The van der Waals surface area contributed by atoms with Crippen molar-refractivity contribution >= 4 is 23.5 Å². The lowest BCUT2D eigenvalue weighted by Gasteiger charge is -2.02. The van der Waals surface area contributed by atoms with E-state index in [4.69, 9.17) is 0 Å². The van der Waals surface area contributed by atoms with Crippen LogP contribution in [0.15, 0.2) is 66.7 Å². The molecule has 0 atom stereocenters. The normalized spacial score (nSPS) is 10.4. The Morgan fingerprint density at radius 1 is 0.900 bits per heavy atom. The van der Waals surface area contributed by atoms with Gasteiger partial charge in [-0.1, -0.05) is 54.6 Å². The van der Waals surface area contributed by atoms with E-state index in [1.54, 1.807) is 18.2 Å². The van der Waals surface area contributed by atoms with Gasteiger partial charge < -0.3 is 5.32 Å². The van der Waals surface area contributed by atoms with Gasteiger partial charge in [-0.25, -0.2) is 0 Å². The van der Waals surface area contributed by atoms with Gasteiger partial charge in [0.25, 0.3) is 0 Å². The molecule has 0 radical (unpaired) electrons. The van der Waals surface area contributed by atoms with Gasteiger partial charge in [-0.15, -0.1) is 0 Å². The predicted octanol–water partition coefficient (Wildman–Crippen LogP) is 3.30. The molecular formula is C17H15NO2. The number of nitrogens with one attached hydrogen (secondary N) is 1. The maximum absolute atomic E-state index is 11.7. The quantitative estimate of drug-likeness (QED) is 0.666. The van der Waals surface area contributed by atoms with Crippen LogP contribution in [0, 0.1) is 0 Å². The lowest BCUT2D eigenvalue weighted by molar-refractivity contribution is -0.122. The van der Waals surface area contributed by atoms with Crippen LogP contribution in [-0.2, 0) is 9.59 Å². The van der Waals surface area contributed by atoms with Crippen molar-refractivity contribution in [3.8, 4) is 0 Å². The van der Waals surface area contributed by atoms with Crippen LogP contribution in [0.2, 0.25) is 0 Å². The topological polar surface area (TPSA) is 46.2 Å². The molecule has 0 fully saturated rings. The number of para-hydroxylation sites is 1. The second kappa shape index (κ2) is 7.04. The van der Waals surface area contributed by atoms with E-state index in [0.717, 1.165) is 5.56 Å². The van der Waals surface area contributed by atoms with E-state index in [9.17, 15) is 9.59 Å². The minimum atomic E-state index is -0.307. The lowest BCUT2D eigenvalue weighted by Crippen LogP contribution is -2.15. The standard InChI is InChI=1S/C17H15NO2/c19-16(12-11-14-7-3-1-4-8-14)13-17(20)18-15-9-5-2-6-10-15/h1-12H,13H2,(H,18,20). The molecule has 3 nitrogen and oxygen atoms in total. The van der Waals surface area contributed by atoms with Gasteiger partial charge in [-0.3, -0.25) is 9.59 Å². The van der Waals surface area contributed by atoms with Gasteiger partial charge in [0.15, 0.2) is 5.78 Å². The van der Waals surface area contributed by atoms with Crippen molar-refractivity contribution in [2.45, 2.75) is 6.42 Å². The fourth-order valence-electron chi connectivity index (χ4n) is 1.70. The molecule has 2 aromatic rings. The average molecular weight is 265 g/mol. The molecule has 1 N–H and O–H groups in total. The summed E-state index contributed by atoms with van der Waals surface area (Å²) in [6, 6.07) is 18.6. The number of anilines is 1. The molecule has 0 bridgehead atoms. The van der Waals surface area contributed by atoms with E-state index in [-0.39, 0.29) is 18.1 Å². The van der Waals surface area contributed by atoms with E-state index < -0.39 is 0 Å². The molecule has 0 saturated carbocycles. The van der Waals surface area contributed by atoms with Crippen molar-refractivity contribution in [1.29, 1.82) is 0 Å². The Hall–Kier alpha value is -2.68. The second-order valence-corrected chi connectivity index (χ2v) is 4.30. The van der Waals surface area contributed by atoms with Crippen LogP contribution in [-0.4, -0.2) is 11.7 Å². The van der Waals surface area contributed by atoms with Gasteiger partial charge >= 0.3 is 0 Å². The molecule has 0 unspecified atom stereocenters. The van der Waals surface area contributed by atoms with E-state index in [1.807, 2.05) is 48.5 Å². The van der Waals surface area contributed by atoms with Gasteiger partial charge in [0, 0.05) is 5.69 Å². The van der Waals surface area contributed by atoms with Gasteiger partial charge in [-0.05, 0) is 23.8 Å². The van der Waals surface area contributed by atoms with Crippen LogP contribution in [0.1, 0.15) is 12.0 Å². The number of amides is 1. The summed E-state index contributed by atoms with van der Waals surface area (Å²) in [5.74, 6) is -0.527. The fourth-order valence-corrected chi connectivity index (χ4v) is 1.70. The monoisotopic (exact) mass is 265 g/mol. The third-order valence-corrected chi connectivity index (χ3v) is 2.65. The number of allylic oxidation sites excluding steroid dienone is 1. The number of rotatable bonds is 5. The van der Waals surface area contributed by atoms with Crippen LogP contribution < -0.4 is 5.32 Å². The molecular weight excluding hydrogens is 250 g/mol. The van der Waals surface area contributed by atoms with Crippen LogP contribution >= 0.6 is 0 Å². The highest BCUT2D eigenvalue weighted by molar-refractivity contribution is 6.09. The van der Waals surface area contributed by atoms with E-state index in [1.165, 1.54) is 6.08 Å². The summed E-state index contributed by atoms with van der Waals surface area (Å²) < 4.78 is 0. The number of hydrogen-bond acceptors (Lipinski definition) is 2. The Labute approximate surface area is 117 Å². The molecule has 20 heavy (non-hydrogen) atoms. The summed E-state index contributed by atoms with van der Waals surface area (Å²) in [5.41, 5.74) is 1.63. The third-order valence-electron chi connectivity index (χ3n) is 2.65. The smallest absolute Gasteiger partial charge is 0.232 e. The summed E-state index contributed by atoms with van der Waals surface area (Å²) in [4.78, 5) is 23.3. The maximum Gasteiger partial charge on any atom is 0.232 e. The molecule has 0 aliphatic heterocycles. The number of carbonyl (C=O) groups excluding carboxylic acids is 2. The highest BCUT2D eigenvalue weighted by atomic mass is 16.2. The first kappa shape index (κ1) is 13.7. The van der Waals surface area contributed by atoms with Crippen molar-refractivity contribution < 1.29 is 9.59 Å². The summed E-state index contributed by atoms with van der Waals surface area (Å²) in [5, 5.41) is 2.68. The second-order valence-electron chi connectivity index (χ2n) is 4.30. The zero-order valence-electron chi connectivity index (χ0n) is 11.0. The van der Waals surface area contributed by atoms with Crippen molar-refractivity contribution in [2.24, 2.45) is 0 Å². The number of benzene rings is 2. The summed E-state index contributed by atoms with van der Waals surface area (Å²) in [7, 11) is 0. The van der Waals surface area contributed by atoms with Crippen LogP contribution in [0.3, 0.4) is 0 Å². The number of ketones is 1. The molecule has 0 aromatic heterocycles. The third kappa shape index (κ3) is 4.53. The molecule has 0 spiro atoms. The zero-order valence-corrected chi connectivity index (χ0v) is 11.0. The molecule has 100 valence electrons. The number of carbonyl (C=O) groups is 2. The molecule has 0 aliphatic rings. The minimum Gasteiger partial charge on any atom is -0.326 e. The Morgan fingerprint density at radius 2 is 1.50 bits per heavy atom. The summed E-state index contributed by atoms with van der Waals surface area (Å²) in [6.45, 7) is 0. The van der Waals surface area contributed by atoms with E-state index in [0.29, 0.717) is 5.69 Å². The average Bonchev–Trinajstić information content (AvgIpc) is 2.47. The summed E-state index contributed by atoms with van der Waals surface area (Å²) in [6.07, 6.45) is 2.98. The van der Waals surface area contributed by atoms with E-state index >= 15 is 0 Å². The number of hydrogen-bond donors (Lipinski definition) is 1. The fraction of sp³-hybridized carbons (Fsp3) is 0.0588. The van der Waals surface area contributed by atoms with Gasteiger partial charge in [-0.2, -0.15) is 0 Å².